The van der Waals surface area contributed by atoms with E-state index in [-0.39, 0.29) is 5.97 Å². The Labute approximate surface area is 69.8 Å². The van der Waals surface area contributed by atoms with Gasteiger partial charge >= 0.3 is 5.97 Å². The number of hydrogen-bond donors (Lipinski definition) is 0. The molecule has 0 saturated heterocycles. The predicted octanol–water partition coefficient (Wildman–Crippen LogP) is 0.0478. The number of fused-ring (bicyclic) bond motifs is 1. The van der Waals surface area contributed by atoms with E-state index in [9.17, 15) is 4.79 Å². The van der Waals surface area contributed by atoms with Crippen LogP contribution < -0.4 is 10.4 Å². The van der Waals surface area contributed by atoms with Gasteiger partial charge < -0.3 is 4.74 Å². The number of rotatable bonds is 1. The molecule has 0 aromatic heterocycles. The Bertz CT molecular complexity index is 443. The Morgan fingerprint density at radius 2 is 2.17 bits per heavy atom. The lowest BCUT2D eigenvalue weighted by Gasteiger charge is -2.04. The van der Waals surface area contributed by atoms with Crippen LogP contribution in [0, 0.1) is 0 Å². The van der Waals surface area contributed by atoms with Gasteiger partial charge in [0.2, 0.25) is 0 Å². The van der Waals surface area contributed by atoms with Crippen LogP contribution in [0.15, 0.2) is 18.2 Å². The molecule has 2 nitrogen and oxygen atoms in total. The molecule has 0 spiro atoms. The van der Waals surface area contributed by atoms with Gasteiger partial charge in [0, 0.05) is 0 Å². The van der Waals surface area contributed by atoms with Gasteiger partial charge in [-0.3, -0.25) is 0 Å². The summed E-state index contributed by atoms with van der Waals surface area (Å²) in [5.74, 6) is -0.267. The normalized spacial score (nSPS) is 11.8. The molecule has 1 aliphatic rings. The summed E-state index contributed by atoms with van der Waals surface area (Å²) in [5, 5.41) is 2.10. The number of carbonyl (C=O) groups excluding carboxylic acids is 1. The monoisotopic (exact) mass is 160 g/mol. The Balaban J connectivity index is 2.62. The lowest BCUT2D eigenvalue weighted by Crippen LogP contribution is -2.35. The van der Waals surface area contributed by atoms with Crippen molar-refractivity contribution in [1.82, 2.24) is 0 Å². The van der Waals surface area contributed by atoms with Gasteiger partial charge in [0.15, 0.2) is 0 Å². The van der Waals surface area contributed by atoms with E-state index in [1.165, 1.54) is 7.11 Å². The number of benzene rings is 1. The van der Waals surface area contributed by atoms with Gasteiger partial charge in [-0.05, 0) is 16.5 Å². The molecule has 2 rings (SSSR count). The molecule has 60 valence electrons. The van der Waals surface area contributed by atoms with Crippen LogP contribution in [0.2, 0.25) is 0 Å². The Morgan fingerprint density at radius 3 is 2.75 bits per heavy atom. The quantitative estimate of drug-likeness (QED) is 0.542. The van der Waals surface area contributed by atoms with Crippen LogP contribution >= 0.6 is 0 Å². The summed E-state index contributed by atoms with van der Waals surface area (Å²) >= 11 is 0. The van der Waals surface area contributed by atoms with Gasteiger partial charge in [0.05, 0.1) is 12.7 Å². The Morgan fingerprint density at radius 1 is 1.33 bits per heavy atom. The highest BCUT2D eigenvalue weighted by Gasteiger charge is 2.08. The average Bonchev–Trinajstić information content (AvgIpc) is 2.05. The number of carbonyl (C=O) groups is 1. The highest BCUT2D eigenvalue weighted by Crippen LogP contribution is 1.94. The number of methoxy groups -OCH3 is 1. The van der Waals surface area contributed by atoms with Crippen LogP contribution in [-0.2, 0) is 4.74 Å². The van der Waals surface area contributed by atoms with E-state index in [0.717, 1.165) is 10.4 Å². The molecule has 0 unspecified atom stereocenters. The molecule has 0 saturated carbocycles. The van der Waals surface area contributed by atoms with Crippen molar-refractivity contribution in [3.8, 4) is 0 Å². The lowest BCUT2D eigenvalue weighted by atomic mass is 10.0. The first-order chi connectivity index (χ1) is 5.83. The van der Waals surface area contributed by atoms with E-state index in [1.54, 1.807) is 6.07 Å². The maximum Gasteiger partial charge on any atom is 0.338 e. The van der Waals surface area contributed by atoms with Gasteiger partial charge in [0.1, 0.15) is 0 Å². The van der Waals surface area contributed by atoms with Gasteiger partial charge in [0.25, 0.3) is 0 Å². The van der Waals surface area contributed by atoms with Crippen LogP contribution in [0.1, 0.15) is 10.4 Å². The molecule has 1 aromatic rings. The fourth-order valence-corrected chi connectivity index (χ4v) is 1.28. The van der Waals surface area contributed by atoms with E-state index >= 15 is 0 Å². The Hall–Kier alpha value is -1.57. The third kappa shape index (κ3) is 0.848. The molecule has 0 heterocycles. The van der Waals surface area contributed by atoms with Crippen LogP contribution in [0.5, 0.6) is 0 Å². The summed E-state index contributed by atoms with van der Waals surface area (Å²) in [4.78, 5) is 11.2. The molecule has 0 amide bonds. The highest BCUT2D eigenvalue weighted by molar-refractivity contribution is 5.92. The van der Waals surface area contributed by atoms with Crippen molar-refractivity contribution >= 4 is 18.1 Å². The van der Waals surface area contributed by atoms with E-state index in [4.69, 9.17) is 0 Å². The largest absolute Gasteiger partial charge is 0.465 e. The molecule has 0 N–H and O–H groups in total. The molecule has 2 heteroatoms. The molecule has 1 aliphatic carbocycles. The summed E-state index contributed by atoms with van der Waals surface area (Å²) in [6.45, 7) is 0. The van der Waals surface area contributed by atoms with Gasteiger partial charge in [-0.15, -0.1) is 0 Å². The molecular formula is C10H8O2. The topological polar surface area (TPSA) is 26.3 Å². The minimum Gasteiger partial charge on any atom is -0.465 e. The first kappa shape index (κ1) is 7.10. The van der Waals surface area contributed by atoms with E-state index < -0.39 is 0 Å². The molecule has 0 fully saturated rings. The first-order valence-corrected chi connectivity index (χ1v) is 3.72. The minimum absolute atomic E-state index is 0.267. The fraction of sp³-hybridized carbons (Fsp3) is 0.100. The number of hydrogen-bond acceptors (Lipinski definition) is 2. The lowest BCUT2D eigenvalue weighted by molar-refractivity contribution is 0.0599. The fourth-order valence-electron chi connectivity index (χ4n) is 1.28. The molecular weight excluding hydrogens is 152 g/mol. The first-order valence-electron chi connectivity index (χ1n) is 3.72. The molecule has 0 aliphatic heterocycles. The minimum atomic E-state index is -0.267. The summed E-state index contributed by atoms with van der Waals surface area (Å²) in [7, 11) is 1.39. The maximum atomic E-state index is 11.2. The van der Waals surface area contributed by atoms with E-state index in [0.29, 0.717) is 5.56 Å². The molecule has 1 aromatic carbocycles. The number of esters is 1. The summed E-state index contributed by atoms with van der Waals surface area (Å²) in [5.41, 5.74) is 0.650. The van der Waals surface area contributed by atoms with Crippen LogP contribution in [0.3, 0.4) is 0 Å². The van der Waals surface area contributed by atoms with Crippen molar-refractivity contribution in [2.75, 3.05) is 7.11 Å². The van der Waals surface area contributed by atoms with Gasteiger partial charge in [-0.1, -0.05) is 24.3 Å². The van der Waals surface area contributed by atoms with Crippen molar-refractivity contribution < 1.29 is 9.53 Å². The molecule has 0 bridgehead atoms. The molecule has 0 atom stereocenters. The van der Waals surface area contributed by atoms with Gasteiger partial charge in [-0.25, -0.2) is 4.79 Å². The van der Waals surface area contributed by atoms with Crippen LogP contribution in [0.4, 0.5) is 0 Å². The van der Waals surface area contributed by atoms with Gasteiger partial charge in [-0.2, -0.15) is 0 Å². The van der Waals surface area contributed by atoms with E-state index in [1.807, 2.05) is 24.3 Å². The third-order valence-electron chi connectivity index (χ3n) is 1.97. The molecule has 12 heavy (non-hydrogen) atoms. The van der Waals surface area contributed by atoms with Crippen molar-refractivity contribution in [2.45, 2.75) is 0 Å². The average molecular weight is 160 g/mol. The standard InChI is InChI=1S/C10H8O2/c1-12-10(11)9-4-2-3-7-5-6-8(7)9/h2-6H,1H3. The molecule has 0 radical (unpaired) electrons. The SMILES string of the molecule is COC(=O)c1cccc2c1=CC=2. The second-order valence-corrected chi connectivity index (χ2v) is 2.63. The third-order valence-corrected chi connectivity index (χ3v) is 1.97. The Kier molecular flexibility index (Phi) is 1.47. The highest BCUT2D eigenvalue weighted by atomic mass is 16.5. The summed E-state index contributed by atoms with van der Waals surface area (Å²) in [6, 6.07) is 5.60. The van der Waals surface area contributed by atoms with Crippen molar-refractivity contribution in [1.29, 1.82) is 0 Å². The maximum absolute atomic E-state index is 11.2. The zero-order chi connectivity index (χ0) is 8.55. The van der Waals surface area contributed by atoms with Crippen molar-refractivity contribution in [3.05, 3.63) is 34.2 Å². The predicted molar refractivity (Wildman–Crippen MR) is 46.0 cm³/mol. The van der Waals surface area contributed by atoms with Crippen LogP contribution in [0.25, 0.3) is 12.2 Å². The van der Waals surface area contributed by atoms with Crippen LogP contribution in [-0.4, -0.2) is 13.1 Å². The van der Waals surface area contributed by atoms with E-state index in [2.05, 4.69) is 4.74 Å². The van der Waals surface area contributed by atoms with Crippen molar-refractivity contribution in [2.24, 2.45) is 0 Å². The zero-order valence-corrected chi connectivity index (χ0v) is 6.70. The van der Waals surface area contributed by atoms with Crippen molar-refractivity contribution in [3.63, 3.8) is 0 Å². The summed E-state index contributed by atoms with van der Waals surface area (Å²) in [6.07, 6.45) is 3.89. The second kappa shape index (κ2) is 2.48. The zero-order valence-electron chi connectivity index (χ0n) is 6.70. The second-order valence-electron chi connectivity index (χ2n) is 2.63. The smallest absolute Gasteiger partial charge is 0.338 e. The number of ether oxygens (including phenoxy) is 1. The summed E-state index contributed by atoms with van der Waals surface area (Å²) < 4.78 is 4.63.